The van der Waals surface area contributed by atoms with Crippen LogP contribution in [-0.2, 0) is 9.59 Å². The van der Waals surface area contributed by atoms with Gasteiger partial charge in [-0.15, -0.1) is 12.8 Å². The average molecular weight is 442 g/mol. The summed E-state index contributed by atoms with van der Waals surface area (Å²) in [5.41, 5.74) is 0.927. The molecule has 3 saturated heterocycles. The molecule has 6 heteroatoms. The van der Waals surface area contributed by atoms with E-state index in [9.17, 15) is 14.7 Å². The molecule has 0 radical (unpaired) electrons. The Bertz CT molecular complexity index is 751. The Balaban J connectivity index is 0.000000860. The van der Waals surface area contributed by atoms with Crippen molar-refractivity contribution >= 4 is 17.6 Å². The van der Waals surface area contributed by atoms with E-state index in [-0.39, 0.29) is 18.5 Å². The van der Waals surface area contributed by atoms with Crippen molar-refractivity contribution in [1.82, 2.24) is 10.2 Å². The first-order valence-corrected chi connectivity index (χ1v) is 12.0. The Morgan fingerprint density at radius 2 is 1.81 bits per heavy atom. The summed E-state index contributed by atoms with van der Waals surface area (Å²) in [6, 6.07) is 10.5. The van der Waals surface area contributed by atoms with Crippen LogP contribution < -0.4 is 10.2 Å². The van der Waals surface area contributed by atoms with E-state index in [1.165, 1.54) is 6.42 Å². The van der Waals surface area contributed by atoms with Crippen LogP contribution in [0.15, 0.2) is 30.3 Å². The van der Waals surface area contributed by atoms with Gasteiger partial charge in [-0.05, 0) is 63.1 Å². The smallest absolute Gasteiger partial charge is 0.320 e. The number of carbonyl (C=O) groups is 2. The van der Waals surface area contributed by atoms with Gasteiger partial charge in [0.1, 0.15) is 6.04 Å². The van der Waals surface area contributed by atoms with Crippen molar-refractivity contribution in [2.24, 2.45) is 5.92 Å². The molecular formula is C26H39N3O3. The topological polar surface area (TPSA) is 72.9 Å². The maximum atomic E-state index is 13.4. The Kier molecular flexibility index (Phi) is 10.2. The summed E-state index contributed by atoms with van der Waals surface area (Å²) in [5, 5.41) is 13.2. The number of aliphatic carboxylic acids is 1. The molecule has 2 N–H and O–H groups in total. The zero-order valence-corrected chi connectivity index (χ0v) is 19.7. The standard InChI is InChI=1S/C22H31N3O3.C2H6.C2H2/c1-15-9-10-16-12-18(13-19(15)23-16)25(17-6-3-2-4-7-17)21(26)14-24-11-5-8-20(24)22(27)28;2*1-2/h2-4,6-7,15-16,18-20,23H,5,8-14H2,1H3,(H,27,28);1-2H3;1-2H/t15?,16-,18+,19+,20?;;/m0../s1. The molecule has 0 aliphatic carbocycles. The van der Waals surface area contributed by atoms with Gasteiger partial charge in [0.05, 0.1) is 6.54 Å². The number of anilines is 1. The van der Waals surface area contributed by atoms with E-state index in [1.54, 1.807) is 0 Å². The van der Waals surface area contributed by atoms with Crippen LogP contribution in [0.4, 0.5) is 5.69 Å². The number of hydrogen-bond acceptors (Lipinski definition) is 4. The Hall–Kier alpha value is -2.36. The largest absolute Gasteiger partial charge is 0.480 e. The third-order valence-corrected chi connectivity index (χ3v) is 6.85. The SMILES string of the molecule is C#C.CC.CC1CC[C@H]2C[C@@H](N(C(=O)CN3CCCC3C(=O)O)c3ccccc3)C[C@H]1N2. The van der Waals surface area contributed by atoms with Gasteiger partial charge in [0, 0.05) is 23.8 Å². The van der Waals surface area contributed by atoms with Crippen LogP contribution in [0.5, 0.6) is 0 Å². The molecule has 2 unspecified atom stereocenters. The minimum Gasteiger partial charge on any atom is -0.480 e. The summed E-state index contributed by atoms with van der Waals surface area (Å²) >= 11 is 0. The fourth-order valence-corrected chi connectivity index (χ4v) is 5.32. The lowest BCUT2D eigenvalue weighted by atomic mass is 9.77. The molecule has 3 heterocycles. The van der Waals surface area contributed by atoms with Crippen molar-refractivity contribution in [3.05, 3.63) is 30.3 Å². The van der Waals surface area contributed by atoms with E-state index >= 15 is 0 Å². The average Bonchev–Trinajstić information content (AvgIpc) is 3.28. The lowest BCUT2D eigenvalue weighted by Gasteiger charge is -2.47. The van der Waals surface area contributed by atoms with Crippen LogP contribution in [0, 0.1) is 18.8 Å². The van der Waals surface area contributed by atoms with Gasteiger partial charge < -0.3 is 15.3 Å². The summed E-state index contributed by atoms with van der Waals surface area (Å²) in [6.45, 7) is 7.16. The molecule has 32 heavy (non-hydrogen) atoms. The van der Waals surface area contributed by atoms with Crippen molar-refractivity contribution in [1.29, 1.82) is 0 Å². The molecule has 176 valence electrons. The molecule has 3 aliphatic rings. The quantitative estimate of drug-likeness (QED) is 0.681. The fourth-order valence-electron chi connectivity index (χ4n) is 5.32. The molecule has 2 bridgehead atoms. The number of nitrogens with one attached hydrogen (secondary N) is 1. The Labute approximate surface area is 193 Å². The summed E-state index contributed by atoms with van der Waals surface area (Å²) in [5.74, 6) is -0.166. The Morgan fingerprint density at radius 3 is 2.47 bits per heavy atom. The number of fused-ring (bicyclic) bond motifs is 2. The second kappa shape index (κ2) is 12.6. The summed E-state index contributed by atoms with van der Waals surface area (Å²) < 4.78 is 0. The maximum absolute atomic E-state index is 13.4. The number of carboxylic acids is 1. The fraction of sp³-hybridized carbons (Fsp3) is 0.615. The third kappa shape index (κ3) is 6.11. The lowest BCUT2D eigenvalue weighted by Crippen LogP contribution is -2.59. The summed E-state index contributed by atoms with van der Waals surface area (Å²) in [7, 11) is 0. The number of para-hydroxylation sites is 1. The number of nitrogens with zero attached hydrogens (tertiary/aromatic N) is 2. The van der Waals surface area contributed by atoms with Gasteiger partial charge in [-0.3, -0.25) is 14.5 Å². The van der Waals surface area contributed by atoms with Gasteiger partial charge in [-0.2, -0.15) is 0 Å². The highest BCUT2D eigenvalue weighted by Crippen LogP contribution is 2.34. The first-order valence-electron chi connectivity index (χ1n) is 12.0. The number of benzene rings is 1. The minimum atomic E-state index is -0.818. The number of carbonyl (C=O) groups excluding carboxylic acids is 1. The van der Waals surface area contributed by atoms with Gasteiger partial charge in [0.15, 0.2) is 0 Å². The first-order chi connectivity index (χ1) is 15.5. The number of carboxylic acid groups (broad SMARTS) is 1. The third-order valence-electron chi connectivity index (χ3n) is 6.85. The molecule has 1 amide bonds. The predicted octanol–water partition coefficient (Wildman–Crippen LogP) is 3.76. The lowest BCUT2D eigenvalue weighted by molar-refractivity contribution is -0.142. The van der Waals surface area contributed by atoms with Crippen molar-refractivity contribution < 1.29 is 14.7 Å². The molecule has 1 aromatic rings. The van der Waals surface area contributed by atoms with Gasteiger partial charge in [-0.25, -0.2) is 0 Å². The van der Waals surface area contributed by atoms with E-state index < -0.39 is 12.0 Å². The minimum absolute atomic E-state index is 0.0250. The number of amides is 1. The molecule has 1 aromatic carbocycles. The molecule has 5 atom stereocenters. The van der Waals surface area contributed by atoms with Crippen molar-refractivity contribution in [3.63, 3.8) is 0 Å². The van der Waals surface area contributed by atoms with E-state index in [0.717, 1.165) is 31.4 Å². The first kappa shape index (κ1) is 25.9. The van der Waals surface area contributed by atoms with Crippen LogP contribution in [0.2, 0.25) is 0 Å². The van der Waals surface area contributed by atoms with Gasteiger partial charge in [0.2, 0.25) is 5.91 Å². The van der Waals surface area contributed by atoms with E-state index in [4.69, 9.17) is 0 Å². The molecular weight excluding hydrogens is 402 g/mol. The monoisotopic (exact) mass is 441 g/mol. The zero-order valence-electron chi connectivity index (χ0n) is 19.7. The molecule has 4 rings (SSSR count). The highest BCUT2D eigenvalue weighted by atomic mass is 16.4. The van der Waals surface area contributed by atoms with E-state index in [0.29, 0.717) is 31.0 Å². The number of piperidine rings is 2. The summed E-state index contributed by atoms with van der Waals surface area (Å²) in [4.78, 5) is 28.8. The normalized spacial score (nSPS) is 29.0. The van der Waals surface area contributed by atoms with Gasteiger partial charge in [0.25, 0.3) is 0 Å². The van der Waals surface area contributed by atoms with Crippen LogP contribution in [0.1, 0.15) is 59.3 Å². The van der Waals surface area contributed by atoms with E-state index in [1.807, 2.05) is 54.0 Å². The predicted molar refractivity (Wildman–Crippen MR) is 130 cm³/mol. The highest BCUT2D eigenvalue weighted by Gasteiger charge is 2.40. The van der Waals surface area contributed by atoms with Gasteiger partial charge >= 0.3 is 5.97 Å². The van der Waals surface area contributed by atoms with Gasteiger partial charge in [-0.1, -0.05) is 39.0 Å². The maximum Gasteiger partial charge on any atom is 0.320 e. The van der Waals surface area contributed by atoms with Crippen LogP contribution in [0.3, 0.4) is 0 Å². The van der Waals surface area contributed by atoms with Crippen LogP contribution >= 0.6 is 0 Å². The van der Waals surface area contributed by atoms with Crippen molar-refractivity contribution in [2.75, 3.05) is 18.0 Å². The second-order valence-corrected chi connectivity index (χ2v) is 8.72. The zero-order chi connectivity index (χ0) is 23.7. The number of hydrogen-bond donors (Lipinski definition) is 2. The Morgan fingerprint density at radius 1 is 1.12 bits per heavy atom. The van der Waals surface area contributed by atoms with Crippen molar-refractivity contribution in [3.8, 4) is 12.8 Å². The molecule has 6 nitrogen and oxygen atoms in total. The molecule has 3 fully saturated rings. The summed E-state index contributed by atoms with van der Waals surface area (Å²) in [6.07, 6.45) is 13.8. The molecule has 0 spiro atoms. The van der Waals surface area contributed by atoms with E-state index in [2.05, 4.69) is 25.1 Å². The molecule has 0 aromatic heterocycles. The highest BCUT2D eigenvalue weighted by molar-refractivity contribution is 5.95. The van der Waals surface area contributed by atoms with Crippen LogP contribution in [-0.4, -0.2) is 59.1 Å². The number of rotatable bonds is 5. The molecule has 0 saturated carbocycles. The second-order valence-electron chi connectivity index (χ2n) is 8.72. The van der Waals surface area contributed by atoms with Crippen molar-refractivity contribution in [2.45, 2.75) is 83.5 Å². The number of likely N-dealkylation sites (tertiary alicyclic amines) is 1. The number of terminal acetylenes is 1. The van der Waals surface area contributed by atoms with Crippen LogP contribution in [0.25, 0.3) is 0 Å². The molecule has 3 aliphatic heterocycles.